The second-order valence-corrected chi connectivity index (χ2v) is 4.81. The van der Waals surface area contributed by atoms with Gasteiger partial charge in [0.1, 0.15) is 0 Å². The molecule has 0 atom stereocenters. The summed E-state index contributed by atoms with van der Waals surface area (Å²) >= 11 is 0. The van der Waals surface area contributed by atoms with Crippen LogP contribution in [0.1, 0.15) is 39.5 Å². The molecule has 0 saturated heterocycles. The number of phosphoric acid groups is 1. The van der Waals surface area contributed by atoms with Gasteiger partial charge >= 0.3 is 7.82 Å². The number of hydrogen-bond acceptors (Lipinski definition) is 4. The maximum absolute atomic E-state index is 10.2. The minimum atomic E-state index is -4.23. The van der Waals surface area contributed by atoms with E-state index in [1.807, 2.05) is 0 Å². The Labute approximate surface area is 91.8 Å². The Morgan fingerprint density at radius 3 is 2.07 bits per heavy atom. The van der Waals surface area contributed by atoms with Crippen LogP contribution in [0.4, 0.5) is 0 Å². The molecule has 96 valence electrons. The molecule has 7 heteroatoms. The van der Waals surface area contributed by atoms with Crippen LogP contribution in [0.3, 0.4) is 0 Å². The average molecular weight is 244 g/mol. The molecule has 0 aromatic heterocycles. The highest BCUT2D eigenvalue weighted by Crippen LogP contribution is 2.35. The Balaban J connectivity index is -0.000000720. The maximum atomic E-state index is 10.2. The van der Waals surface area contributed by atoms with E-state index in [9.17, 15) is 4.57 Å². The van der Waals surface area contributed by atoms with Gasteiger partial charge in [0.15, 0.2) is 0 Å². The van der Waals surface area contributed by atoms with Gasteiger partial charge in [0.2, 0.25) is 0 Å². The molecule has 0 unspecified atom stereocenters. The Morgan fingerprint density at radius 1 is 1.13 bits per heavy atom. The summed E-state index contributed by atoms with van der Waals surface area (Å²) in [6.45, 7) is 4.47. The van der Waals surface area contributed by atoms with Crippen molar-refractivity contribution < 1.29 is 18.9 Å². The van der Waals surface area contributed by atoms with Crippen molar-refractivity contribution in [1.29, 1.82) is 0 Å². The summed E-state index contributed by atoms with van der Waals surface area (Å²) < 4.78 is 14.5. The van der Waals surface area contributed by atoms with E-state index in [4.69, 9.17) is 9.79 Å². The smallest absolute Gasteiger partial charge is 0.344 e. The third-order valence-corrected chi connectivity index (χ3v) is 2.20. The van der Waals surface area contributed by atoms with Gasteiger partial charge in [-0.1, -0.05) is 33.1 Å². The minimum Gasteiger partial charge on any atom is -0.344 e. The molecule has 0 aromatic rings. The predicted octanol–water partition coefficient (Wildman–Crippen LogP) is 2.64. The topological polar surface area (TPSA) is 137 Å². The Kier molecular flexibility index (Phi) is 14.4. The molecule has 0 saturated carbocycles. The second kappa shape index (κ2) is 10.5. The molecule has 0 spiro atoms. The summed E-state index contributed by atoms with van der Waals surface area (Å²) in [5, 5.41) is 0. The molecule has 8 N–H and O–H groups in total. The molecule has 0 amide bonds. The van der Waals surface area contributed by atoms with E-state index in [0.29, 0.717) is 5.92 Å². The number of hydrogen-bond donors (Lipinski definition) is 4. The van der Waals surface area contributed by atoms with E-state index >= 15 is 0 Å². The van der Waals surface area contributed by atoms with E-state index in [1.165, 1.54) is 0 Å². The summed E-state index contributed by atoms with van der Waals surface area (Å²) in [4.78, 5) is 16.7. The Morgan fingerprint density at radius 2 is 1.67 bits per heavy atom. The summed E-state index contributed by atoms with van der Waals surface area (Å²) in [5.41, 5.74) is 0. The van der Waals surface area contributed by atoms with E-state index in [1.54, 1.807) is 0 Å². The van der Waals surface area contributed by atoms with Crippen molar-refractivity contribution in [1.82, 2.24) is 12.3 Å². The van der Waals surface area contributed by atoms with Gasteiger partial charge < -0.3 is 22.1 Å². The lowest BCUT2D eigenvalue weighted by molar-refractivity contribution is 0.193. The lowest BCUT2D eigenvalue weighted by Gasteiger charge is -2.05. The normalized spacial score (nSPS) is 10.7. The molecular weight excluding hydrogens is 219 g/mol. The molecule has 15 heavy (non-hydrogen) atoms. The molecule has 0 fully saturated rings. The van der Waals surface area contributed by atoms with Crippen molar-refractivity contribution in [3.8, 4) is 0 Å². The molecule has 0 aliphatic carbocycles. The molecule has 0 rings (SSSR count). The van der Waals surface area contributed by atoms with E-state index in [-0.39, 0.29) is 18.9 Å². The number of unbranched alkanes of at least 4 members (excludes halogenated alkanes) is 2. The summed E-state index contributed by atoms with van der Waals surface area (Å²) in [6, 6.07) is 0. The highest BCUT2D eigenvalue weighted by Gasteiger charge is 2.12. The fourth-order valence-electron chi connectivity index (χ4n) is 1.01. The summed E-state index contributed by atoms with van der Waals surface area (Å²) in [5.74, 6) is 0.697. The van der Waals surface area contributed by atoms with Crippen molar-refractivity contribution in [2.75, 3.05) is 6.61 Å². The van der Waals surface area contributed by atoms with Crippen molar-refractivity contribution in [2.45, 2.75) is 39.5 Å². The zero-order chi connectivity index (χ0) is 10.3. The SMILES string of the molecule is CC(C)CCCCCOP(=O)(O)O.N.N. The minimum absolute atomic E-state index is 0. The highest BCUT2D eigenvalue weighted by molar-refractivity contribution is 7.46. The van der Waals surface area contributed by atoms with Crippen LogP contribution >= 0.6 is 7.82 Å². The third-order valence-electron chi connectivity index (χ3n) is 1.69. The first kappa shape index (κ1) is 20.4. The van der Waals surface area contributed by atoms with Gasteiger partial charge in [-0.15, -0.1) is 0 Å². The van der Waals surface area contributed by atoms with Gasteiger partial charge in [-0.05, 0) is 12.3 Å². The second-order valence-electron chi connectivity index (χ2n) is 3.57. The van der Waals surface area contributed by atoms with Crippen LogP contribution in [-0.2, 0) is 9.09 Å². The number of phosphoric ester groups is 1. The fourth-order valence-corrected chi connectivity index (χ4v) is 1.38. The standard InChI is InChI=1S/C8H19O4P.2H3N/c1-8(2)6-4-3-5-7-12-13(9,10)11;;/h8H,3-7H2,1-2H3,(H2,9,10,11);2*1H3. The van der Waals surface area contributed by atoms with Crippen LogP contribution in [0.5, 0.6) is 0 Å². The molecule has 0 aliphatic rings. The van der Waals surface area contributed by atoms with E-state index in [0.717, 1.165) is 25.7 Å². The maximum Gasteiger partial charge on any atom is 0.469 e. The molecule has 0 aliphatic heterocycles. The van der Waals surface area contributed by atoms with Crippen molar-refractivity contribution in [3.63, 3.8) is 0 Å². The molecule has 6 nitrogen and oxygen atoms in total. The lowest BCUT2D eigenvalue weighted by atomic mass is 10.1. The monoisotopic (exact) mass is 244 g/mol. The zero-order valence-electron chi connectivity index (χ0n) is 9.69. The van der Waals surface area contributed by atoms with Gasteiger partial charge in [-0.3, -0.25) is 4.52 Å². The first-order valence-corrected chi connectivity index (χ1v) is 6.15. The molecule has 0 aromatic carbocycles. The predicted molar refractivity (Wildman–Crippen MR) is 61.3 cm³/mol. The third kappa shape index (κ3) is 20.2. The average Bonchev–Trinajstić information content (AvgIpc) is 1.93. The van der Waals surface area contributed by atoms with Gasteiger partial charge in [-0.2, -0.15) is 0 Å². The Hall–Kier alpha value is 0.0300. The van der Waals surface area contributed by atoms with Crippen molar-refractivity contribution >= 4 is 7.82 Å². The van der Waals surface area contributed by atoms with Crippen LogP contribution < -0.4 is 12.3 Å². The quantitative estimate of drug-likeness (QED) is 0.401. The van der Waals surface area contributed by atoms with Crippen LogP contribution in [0.15, 0.2) is 0 Å². The number of rotatable bonds is 7. The molecular formula is C8H25N2O4P. The van der Waals surface area contributed by atoms with Crippen LogP contribution in [0.2, 0.25) is 0 Å². The van der Waals surface area contributed by atoms with Crippen molar-refractivity contribution in [3.05, 3.63) is 0 Å². The molecule has 0 radical (unpaired) electrons. The van der Waals surface area contributed by atoms with Crippen molar-refractivity contribution in [2.24, 2.45) is 5.92 Å². The van der Waals surface area contributed by atoms with Gasteiger partial charge in [0.05, 0.1) is 6.61 Å². The molecule has 0 bridgehead atoms. The van der Waals surface area contributed by atoms with Gasteiger partial charge in [0.25, 0.3) is 0 Å². The van der Waals surface area contributed by atoms with E-state index in [2.05, 4.69) is 18.4 Å². The fraction of sp³-hybridized carbons (Fsp3) is 1.00. The largest absolute Gasteiger partial charge is 0.469 e. The first-order valence-electron chi connectivity index (χ1n) is 4.62. The zero-order valence-corrected chi connectivity index (χ0v) is 10.6. The lowest BCUT2D eigenvalue weighted by Crippen LogP contribution is -1.93. The van der Waals surface area contributed by atoms with Crippen LogP contribution in [0, 0.1) is 5.92 Å². The summed E-state index contributed by atoms with van der Waals surface area (Å²) in [7, 11) is -4.23. The highest BCUT2D eigenvalue weighted by atomic mass is 31.2. The Bertz CT molecular complexity index is 172. The first-order chi connectivity index (χ1) is 5.92. The molecule has 0 heterocycles. The van der Waals surface area contributed by atoms with Crippen LogP contribution in [0.25, 0.3) is 0 Å². The van der Waals surface area contributed by atoms with E-state index < -0.39 is 7.82 Å². The van der Waals surface area contributed by atoms with Crippen LogP contribution in [-0.4, -0.2) is 16.4 Å². The van der Waals surface area contributed by atoms with Gasteiger partial charge in [0, 0.05) is 0 Å². The summed E-state index contributed by atoms with van der Waals surface area (Å²) in [6.07, 6.45) is 3.95. The van der Waals surface area contributed by atoms with Gasteiger partial charge in [-0.25, -0.2) is 4.57 Å².